The molecule has 0 unspecified atom stereocenters. The zero-order valence-electron chi connectivity index (χ0n) is 21.5. The summed E-state index contributed by atoms with van der Waals surface area (Å²) in [4.78, 5) is 118. The largest absolute Gasteiger partial charge is 0.480 e. The summed E-state index contributed by atoms with van der Waals surface area (Å²) in [5.41, 5.74) is 20.4. The first-order valence-corrected chi connectivity index (χ1v) is 11.5. The van der Waals surface area contributed by atoms with Crippen LogP contribution >= 0.6 is 0 Å². The van der Waals surface area contributed by atoms with E-state index in [-0.39, 0.29) is 0 Å². The Morgan fingerprint density at radius 3 is 1.27 bits per heavy atom. The molecule has 0 aliphatic carbocycles. The van der Waals surface area contributed by atoms with Gasteiger partial charge in [0.1, 0.15) is 24.7 Å². The van der Waals surface area contributed by atoms with E-state index in [0.717, 1.165) is 0 Å². The van der Waals surface area contributed by atoms with E-state index in [2.05, 4.69) is 26.6 Å². The average molecular weight is 589 g/mol. The third kappa shape index (κ3) is 16.3. The van der Waals surface area contributed by atoms with Crippen molar-refractivity contribution in [3.63, 3.8) is 0 Å². The van der Waals surface area contributed by atoms with Crippen LogP contribution < -0.4 is 54.8 Å². The second-order valence-electron chi connectivity index (χ2n) is 8.12. The van der Waals surface area contributed by atoms with Gasteiger partial charge in [-0.2, -0.15) is 0 Å². The average Bonchev–Trinajstić information content (AvgIpc) is 2.86. The number of nitrogens with one attached hydrogen (secondary N) is 6. The lowest BCUT2D eigenvalue weighted by molar-refractivity contribution is -0.138. The van der Waals surface area contributed by atoms with Gasteiger partial charge in [0.05, 0.1) is 38.9 Å². The maximum absolute atomic E-state index is 12.8. The van der Waals surface area contributed by atoms with E-state index >= 15 is 0 Å². The van der Waals surface area contributed by atoms with Crippen LogP contribution in [-0.4, -0.2) is 109 Å². The molecule has 0 radical (unpaired) electrons. The predicted octanol–water partition coefficient (Wildman–Crippen LogP) is -8.54. The summed E-state index contributed by atoms with van der Waals surface area (Å²) in [6.45, 7) is -2.63. The molecule has 41 heavy (non-hydrogen) atoms. The van der Waals surface area contributed by atoms with Crippen LogP contribution in [0.4, 0.5) is 0 Å². The number of rotatable bonds is 19. The van der Waals surface area contributed by atoms with E-state index in [9.17, 15) is 47.9 Å². The fourth-order valence-electron chi connectivity index (χ4n) is 2.80. The molecule has 0 bridgehead atoms. The number of aliphatic carboxylic acids is 1. The van der Waals surface area contributed by atoms with Crippen LogP contribution in [0.1, 0.15) is 19.3 Å². The highest BCUT2D eigenvalue weighted by atomic mass is 16.4. The first kappa shape index (κ1) is 35.7. The third-order valence-electron chi connectivity index (χ3n) is 4.63. The van der Waals surface area contributed by atoms with Crippen LogP contribution in [0.15, 0.2) is 0 Å². The molecule has 0 rings (SSSR count). The molecule has 0 aromatic carbocycles. The highest BCUT2D eigenvalue weighted by Gasteiger charge is 2.32. The molecule has 3 atom stereocenters. The van der Waals surface area contributed by atoms with Crippen LogP contribution in [0.5, 0.6) is 0 Å². The second kappa shape index (κ2) is 18.0. The van der Waals surface area contributed by atoms with Gasteiger partial charge in [-0.1, -0.05) is 0 Å². The highest BCUT2D eigenvalue weighted by Crippen LogP contribution is 2.01. The second-order valence-corrected chi connectivity index (χ2v) is 8.12. The minimum Gasteiger partial charge on any atom is -0.480 e. The standard InChI is InChI=1S/C20H32N10O11/c21-4-14(34)28-9(2-12(23)32)19(40)30-10(3-13(24)33)20(41)29-8(1-11(22)31)18(39)27-6-16(36)25-5-15(35)26-7-17(37)38/h8-10H,1-7,21H2,(H2,22,31)(H2,23,32)(H2,24,33)(H,25,36)(H,26,35)(H,27,39)(H,28,34)(H,29,41)(H,30,40)(H,37,38)/t8-,9-,10-/m0/s1. The van der Waals surface area contributed by atoms with E-state index in [1.54, 1.807) is 0 Å². The lowest BCUT2D eigenvalue weighted by Gasteiger charge is -2.24. The van der Waals surface area contributed by atoms with Crippen LogP contribution in [0.2, 0.25) is 0 Å². The quantitative estimate of drug-likeness (QED) is 0.0670. The van der Waals surface area contributed by atoms with Gasteiger partial charge in [0.2, 0.25) is 53.2 Å². The minimum atomic E-state index is -1.78. The Hall–Kier alpha value is -5.34. The Morgan fingerprint density at radius 1 is 0.512 bits per heavy atom. The molecule has 228 valence electrons. The van der Waals surface area contributed by atoms with Crippen molar-refractivity contribution in [1.29, 1.82) is 0 Å². The summed E-state index contributed by atoms with van der Waals surface area (Å²) in [5.74, 6) is -10.6. The molecule has 9 amide bonds. The number of nitrogens with two attached hydrogens (primary N) is 4. The minimum absolute atomic E-state index is 0.562. The Kier molecular flexibility index (Phi) is 15.7. The first-order chi connectivity index (χ1) is 19.0. The molecule has 0 aliphatic rings. The molecule has 21 nitrogen and oxygen atoms in total. The smallest absolute Gasteiger partial charge is 0.322 e. The van der Waals surface area contributed by atoms with Crippen molar-refractivity contribution in [2.75, 3.05) is 26.2 Å². The van der Waals surface area contributed by atoms with E-state index in [1.165, 1.54) is 0 Å². The zero-order chi connectivity index (χ0) is 31.7. The molecular formula is C20H32N10O11. The van der Waals surface area contributed by atoms with Gasteiger partial charge < -0.3 is 59.9 Å². The number of hydrogen-bond acceptors (Lipinski definition) is 11. The summed E-state index contributed by atoms with van der Waals surface area (Å²) in [7, 11) is 0. The number of carboxylic acid groups (broad SMARTS) is 1. The highest BCUT2D eigenvalue weighted by molar-refractivity contribution is 5.99. The first-order valence-electron chi connectivity index (χ1n) is 11.5. The molecule has 0 heterocycles. The van der Waals surface area contributed by atoms with Crippen molar-refractivity contribution in [3.05, 3.63) is 0 Å². The van der Waals surface area contributed by atoms with Gasteiger partial charge in [-0.15, -0.1) is 0 Å². The molecule has 0 fully saturated rings. The van der Waals surface area contributed by atoms with Crippen LogP contribution in [-0.2, 0) is 47.9 Å². The van der Waals surface area contributed by atoms with Crippen LogP contribution in [0.3, 0.4) is 0 Å². The monoisotopic (exact) mass is 588 g/mol. The number of primary amides is 3. The molecule has 15 N–H and O–H groups in total. The molecule has 21 heteroatoms. The maximum Gasteiger partial charge on any atom is 0.322 e. The lowest BCUT2D eigenvalue weighted by Crippen LogP contribution is -2.58. The predicted molar refractivity (Wildman–Crippen MR) is 133 cm³/mol. The number of carbonyl (C=O) groups excluding carboxylic acids is 9. The van der Waals surface area contributed by atoms with Crippen molar-refractivity contribution in [2.45, 2.75) is 37.4 Å². The number of carbonyl (C=O) groups is 10. The Labute approximate surface area is 231 Å². The van der Waals surface area contributed by atoms with E-state index in [0.29, 0.717) is 0 Å². The van der Waals surface area contributed by atoms with Gasteiger partial charge in [-0.25, -0.2) is 0 Å². The van der Waals surface area contributed by atoms with Crippen molar-refractivity contribution in [1.82, 2.24) is 31.9 Å². The molecule has 0 aliphatic heterocycles. The molecular weight excluding hydrogens is 556 g/mol. The van der Waals surface area contributed by atoms with Gasteiger partial charge in [0.25, 0.3) is 0 Å². The van der Waals surface area contributed by atoms with Crippen molar-refractivity contribution in [3.8, 4) is 0 Å². The van der Waals surface area contributed by atoms with Crippen LogP contribution in [0.25, 0.3) is 0 Å². The van der Waals surface area contributed by atoms with E-state index in [1.807, 2.05) is 5.32 Å². The van der Waals surface area contributed by atoms with E-state index in [4.69, 9.17) is 28.0 Å². The number of carboxylic acids is 1. The maximum atomic E-state index is 12.8. The summed E-state index contributed by atoms with van der Waals surface area (Å²) in [6, 6.07) is -5.10. The number of hydrogen-bond donors (Lipinski definition) is 11. The van der Waals surface area contributed by atoms with Crippen molar-refractivity contribution < 1.29 is 53.1 Å². The topological polar surface area (TPSA) is 367 Å². The van der Waals surface area contributed by atoms with Gasteiger partial charge in [-0.05, 0) is 0 Å². The summed E-state index contributed by atoms with van der Waals surface area (Å²) < 4.78 is 0. The lowest BCUT2D eigenvalue weighted by atomic mass is 10.1. The molecule has 0 aromatic rings. The SMILES string of the molecule is NCC(=O)N[C@@H](CC(N)=O)C(=O)N[C@@H](CC(N)=O)C(=O)N[C@@H](CC(N)=O)C(=O)NCC(=O)NCC(=O)NCC(=O)O. The van der Waals surface area contributed by atoms with Gasteiger partial charge in [-0.3, -0.25) is 47.9 Å². The third-order valence-corrected chi connectivity index (χ3v) is 4.63. The molecule has 0 aromatic heterocycles. The normalized spacial score (nSPS) is 12.3. The van der Waals surface area contributed by atoms with Gasteiger partial charge in [0, 0.05) is 0 Å². The van der Waals surface area contributed by atoms with Crippen molar-refractivity contribution >= 4 is 59.1 Å². The summed E-state index contributed by atoms with van der Waals surface area (Å²) >= 11 is 0. The van der Waals surface area contributed by atoms with E-state index < -0.39 is 123 Å². The molecule has 0 spiro atoms. The zero-order valence-corrected chi connectivity index (χ0v) is 21.5. The molecule has 0 saturated carbocycles. The Bertz CT molecular complexity index is 1060. The van der Waals surface area contributed by atoms with Crippen LogP contribution in [0, 0.1) is 0 Å². The molecule has 0 saturated heterocycles. The number of amides is 9. The van der Waals surface area contributed by atoms with Gasteiger partial charge in [0.15, 0.2) is 0 Å². The Morgan fingerprint density at radius 2 is 0.878 bits per heavy atom. The van der Waals surface area contributed by atoms with Gasteiger partial charge >= 0.3 is 5.97 Å². The Balaban J connectivity index is 5.42. The summed E-state index contributed by atoms with van der Waals surface area (Å²) in [5, 5.41) is 20.8. The summed E-state index contributed by atoms with van der Waals surface area (Å²) in [6.07, 6.45) is -2.34. The van der Waals surface area contributed by atoms with Crippen molar-refractivity contribution in [2.24, 2.45) is 22.9 Å². The fraction of sp³-hybridized carbons (Fsp3) is 0.500. The fourth-order valence-corrected chi connectivity index (χ4v) is 2.80.